The first-order chi connectivity index (χ1) is 13.5. The summed E-state index contributed by atoms with van der Waals surface area (Å²) in [6.07, 6.45) is 3.20. The van der Waals surface area contributed by atoms with Crippen LogP contribution in [0, 0.1) is 0 Å². The lowest BCUT2D eigenvalue weighted by molar-refractivity contribution is -0.131. The average molecular weight is 389 g/mol. The second-order valence-electron chi connectivity index (χ2n) is 7.06. The highest BCUT2D eigenvalue weighted by atomic mass is 16.5. The number of nitrogens with one attached hydrogen (secondary N) is 1. The van der Waals surface area contributed by atoms with Crippen molar-refractivity contribution in [1.82, 2.24) is 15.1 Å². The van der Waals surface area contributed by atoms with Gasteiger partial charge in [0.2, 0.25) is 5.91 Å². The van der Waals surface area contributed by atoms with Gasteiger partial charge in [0, 0.05) is 26.1 Å². The summed E-state index contributed by atoms with van der Waals surface area (Å²) in [4.78, 5) is 40.0. The number of imide groups is 1. The number of carbonyl (C=O) groups is 3. The van der Waals surface area contributed by atoms with E-state index < -0.39 is 12.1 Å². The van der Waals surface area contributed by atoms with Gasteiger partial charge in [0.25, 0.3) is 5.91 Å². The summed E-state index contributed by atoms with van der Waals surface area (Å²) in [6.45, 7) is 1.86. The zero-order chi connectivity index (χ0) is 20.1. The number of carbonyl (C=O) groups excluding carboxylic acids is 3. The Bertz CT molecular complexity index is 745. The van der Waals surface area contributed by atoms with Gasteiger partial charge in [-0.1, -0.05) is 6.07 Å². The third-order valence-corrected chi connectivity index (χ3v) is 5.28. The summed E-state index contributed by atoms with van der Waals surface area (Å²) in [5.41, 5.74) is 0.936. The van der Waals surface area contributed by atoms with Crippen LogP contribution >= 0.6 is 0 Å². The molecule has 2 heterocycles. The van der Waals surface area contributed by atoms with Crippen LogP contribution in [0.15, 0.2) is 18.2 Å². The fourth-order valence-electron chi connectivity index (χ4n) is 3.65. The van der Waals surface area contributed by atoms with Gasteiger partial charge in [0.05, 0.1) is 14.2 Å². The van der Waals surface area contributed by atoms with Crippen LogP contribution in [0.4, 0.5) is 4.79 Å². The van der Waals surface area contributed by atoms with Crippen molar-refractivity contribution in [2.24, 2.45) is 0 Å². The predicted molar refractivity (Wildman–Crippen MR) is 102 cm³/mol. The number of benzene rings is 1. The zero-order valence-electron chi connectivity index (χ0n) is 16.4. The van der Waals surface area contributed by atoms with Crippen molar-refractivity contribution in [2.45, 2.75) is 38.1 Å². The van der Waals surface area contributed by atoms with Gasteiger partial charge in [-0.25, -0.2) is 4.79 Å². The van der Waals surface area contributed by atoms with Crippen molar-refractivity contribution in [3.8, 4) is 11.5 Å². The minimum Gasteiger partial charge on any atom is -0.493 e. The Morgan fingerprint density at radius 3 is 2.54 bits per heavy atom. The SMILES string of the molecule is COc1ccc(CCN2C(=O)N[C@@H](CCC(=O)N3CCCC3)C2=O)cc1OC. The maximum atomic E-state index is 12.6. The van der Waals surface area contributed by atoms with Crippen molar-refractivity contribution in [3.63, 3.8) is 0 Å². The van der Waals surface area contributed by atoms with E-state index >= 15 is 0 Å². The summed E-state index contributed by atoms with van der Waals surface area (Å²) >= 11 is 0. The molecular weight excluding hydrogens is 362 g/mol. The lowest BCUT2D eigenvalue weighted by Gasteiger charge is -2.16. The number of hydrogen-bond acceptors (Lipinski definition) is 5. The van der Waals surface area contributed by atoms with Gasteiger partial charge in [0.15, 0.2) is 11.5 Å². The van der Waals surface area contributed by atoms with E-state index in [0.717, 1.165) is 31.5 Å². The molecule has 0 aromatic heterocycles. The van der Waals surface area contributed by atoms with Crippen LogP contribution in [0.25, 0.3) is 0 Å². The van der Waals surface area contributed by atoms with Crippen LogP contribution in [-0.4, -0.2) is 67.5 Å². The first-order valence-electron chi connectivity index (χ1n) is 9.64. The number of amides is 4. The summed E-state index contributed by atoms with van der Waals surface area (Å²) < 4.78 is 10.5. The van der Waals surface area contributed by atoms with Crippen molar-refractivity contribution in [2.75, 3.05) is 33.9 Å². The summed E-state index contributed by atoms with van der Waals surface area (Å²) in [6, 6.07) is 4.50. The number of nitrogens with zero attached hydrogens (tertiary/aromatic N) is 2. The summed E-state index contributed by atoms with van der Waals surface area (Å²) in [5, 5.41) is 2.70. The molecule has 1 N–H and O–H groups in total. The molecule has 1 aromatic carbocycles. The van der Waals surface area contributed by atoms with E-state index in [9.17, 15) is 14.4 Å². The number of hydrogen-bond donors (Lipinski definition) is 1. The van der Waals surface area contributed by atoms with Crippen molar-refractivity contribution in [3.05, 3.63) is 23.8 Å². The second-order valence-corrected chi connectivity index (χ2v) is 7.06. The molecular formula is C20H27N3O5. The molecule has 152 valence electrons. The van der Waals surface area contributed by atoms with Crippen LogP contribution in [0.2, 0.25) is 0 Å². The van der Waals surface area contributed by atoms with E-state index in [4.69, 9.17) is 9.47 Å². The highest BCUT2D eigenvalue weighted by Gasteiger charge is 2.37. The number of ether oxygens (including phenoxy) is 2. The fourth-order valence-corrected chi connectivity index (χ4v) is 3.65. The Balaban J connectivity index is 1.53. The number of likely N-dealkylation sites (tertiary alicyclic amines) is 1. The normalized spacial score (nSPS) is 19.1. The average Bonchev–Trinajstić information content (AvgIpc) is 3.33. The summed E-state index contributed by atoms with van der Waals surface area (Å²) in [5.74, 6) is 1.03. The maximum Gasteiger partial charge on any atom is 0.324 e. The Kier molecular flexibility index (Phi) is 6.38. The molecule has 1 aromatic rings. The van der Waals surface area contributed by atoms with Crippen LogP contribution in [0.1, 0.15) is 31.2 Å². The van der Waals surface area contributed by atoms with Crippen LogP contribution < -0.4 is 14.8 Å². The molecule has 0 unspecified atom stereocenters. The molecule has 28 heavy (non-hydrogen) atoms. The van der Waals surface area contributed by atoms with E-state index in [1.54, 1.807) is 20.3 Å². The Morgan fingerprint density at radius 2 is 1.86 bits per heavy atom. The molecule has 2 aliphatic heterocycles. The van der Waals surface area contributed by atoms with Crippen LogP contribution in [0.3, 0.4) is 0 Å². The van der Waals surface area contributed by atoms with Crippen molar-refractivity contribution in [1.29, 1.82) is 0 Å². The molecule has 3 rings (SSSR count). The molecule has 0 saturated carbocycles. The Morgan fingerprint density at radius 1 is 1.14 bits per heavy atom. The van der Waals surface area contributed by atoms with Gasteiger partial charge in [0.1, 0.15) is 6.04 Å². The molecule has 8 nitrogen and oxygen atoms in total. The van der Waals surface area contributed by atoms with Gasteiger partial charge in [-0.05, 0) is 43.4 Å². The van der Waals surface area contributed by atoms with Crippen LogP contribution in [0.5, 0.6) is 11.5 Å². The predicted octanol–water partition coefficient (Wildman–Crippen LogP) is 1.57. The summed E-state index contributed by atoms with van der Waals surface area (Å²) in [7, 11) is 3.13. The molecule has 0 spiro atoms. The van der Waals surface area contributed by atoms with Gasteiger partial charge < -0.3 is 19.7 Å². The monoisotopic (exact) mass is 389 g/mol. The minimum atomic E-state index is -0.621. The van der Waals surface area contributed by atoms with E-state index in [-0.39, 0.29) is 24.8 Å². The molecule has 2 saturated heterocycles. The van der Waals surface area contributed by atoms with Gasteiger partial charge >= 0.3 is 6.03 Å². The Labute approximate surface area is 164 Å². The molecule has 0 radical (unpaired) electrons. The fraction of sp³-hybridized carbons (Fsp3) is 0.550. The van der Waals surface area contributed by atoms with E-state index in [1.807, 2.05) is 17.0 Å². The number of methoxy groups -OCH3 is 2. The molecule has 2 aliphatic rings. The second kappa shape index (κ2) is 8.95. The van der Waals surface area contributed by atoms with Gasteiger partial charge in [-0.2, -0.15) is 0 Å². The number of urea groups is 1. The van der Waals surface area contributed by atoms with Crippen molar-refractivity contribution >= 4 is 17.8 Å². The largest absolute Gasteiger partial charge is 0.493 e. The van der Waals surface area contributed by atoms with Gasteiger partial charge in [-0.3, -0.25) is 14.5 Å². The highest BCUT2D eigenvalue weighted by molar-refractivity contribution is 6.04. The number of rotatable bonds is 8. The third-order valence-electron chi connectivity index (χ3n) is 5.28. The molecule has 0 bridgehead atoms. The van der Waals surface area contributed by atoms with Crippen molar-refractivity contribution < 1.29 is 23.9 Å². The van der Waals surface area contributed by atoms with E-state index in [2.05, 4.69) is 5.32 Å². The van der Waals surface area contributed by atoms with Crippen LogP contribution in [-0.2, 0) is 16.0 Å². The van der Waals surface area contributed by atoms with E-state index in [1.165, 1.54) is 4.90 Å². The lowest BCUT2D eigenvalue weighted by Crippen LogP contribution is -2.34. The first-order valence-corrected chi connectivity index (χ1v) is 9.64. The molecule has 4 amide bonds. The van der Waals surface area contributed by atoms with Gasteiger partial charge in [-0.15, -0.1) is 0 Å². The third kappa shape index (κ3) is 4.37. The molecule has 1 atom stereocenters. The van der Waals surface area contributed by atoms with E-state index in [0.29, 0.717) is 24.3 Å². The molecule has 2 fully saturated rings. The highest BCUT2D eigenvalue weighted by Crippen LogP contribution is 2.28. The zero-order valence-corrected chi connectivity index (χ0v) is 16.4. The smallest absolute Gasteiger partial charge is 0.324 e. The lowest BCUT2D eigenvalue weighted by atomic mass is 10.1. The standard InChI is InChI=1S/C20H27N3O5/c1-27-16-7-5-14(13-17(16)28-2)9-12-23-19(25)15(21-20(23)26)6-8-18(24)22-10-3-4-11-22/h5,7,13,15H,3-4,6,8-12H2,1-2H3,(H,21,26)/t15-/m0/s1. The Hall–Kier alpha value is -2.77. The maximum absolute atomic E-state index is 12.6. The quantitative estimate of drug-likeness (QED) is 0.682. The molecule has 0 aliphatic carbocycles. The topological polar surface area (TPSA) is 88.2 Å². The minimum absolute atomic E-state index is 0.0586. The molecule has 8 heteroatoms. The first kappa shape index (κ1) is 20.0.